The number of hydrogen-bond acceptors (Lipinski definition) is 3. The van der Waals surface area contributed by atoms with Crippen LogP contribution in [-0.2, 0) is 14.8 Å². The summed E-state index contributed by atoms with van der Waals surface area (Å²) in [5.74, 6) is 1.03. The predicted octanol–water partition coefficient (Wildman–Crippen LogP) is 4.61. The van der Waals surface area contributed by atoms with Gasteiger partial charge in [0, 0.05) is 19.0 Å². The third kappa shape index (κ3) is 5.64. The molecule has 1 heterocycles. The molecule has 1 saturated carbocycles. The number of benzene rings is 1. The van der Waals surface area contributed by atoms with Crippen LogP contribution < -0.4 is 5.32 Å². The van der Waals surface area contributed by atoms with Crippen molar-refractivity contribution in [1.82, 2.24) is 9.62 Å². The summed E-state index contributed by atoms with van der Waals surface area (Å²) >= 11 is 0. The molecule has 6 heteroatoms. The monoisotopic (exact) mass is 434 g/mol. The van der Waals surface area contributed by atoms with Crippen molar-refractivity contribution in [1.29, 1.82) is 0 Å². The van der Waals surface area contributed by atoms with Gasteiger partial charge in [-0.2, -0.15) is 0 Å². The van der Waals surface area contributed by atoms with Crippen molar-refractivity contribution in [2.45, 2.75) is 77.7 Å². The molecule has 1 atom stereocenters. The summed E-state index contributed by atoms with van der Waals surface area (Å²) in [4.78, 5) is 12.9. The topological polar surface area (TPSA) is 66.5 Å². The summed E-state index contributed by atoms with van der Waals surface area (Å²) in [5.41, 5.74) is 2.58. The van der Waals surface area contributed by atoms with Crippen molar-refractivity contribution in [3.63, 3.8) is 0 Å². The second-order valence-corrected chi connectivity index (χ2v) is 11.6. The Morgan fingerprint density at radius 2 is 1.63 bits per heavy atom. The molecule has 1 aromatic carbocycles. The zero-order chi connectivity index (χ0) is 21.7. The van der Waals surface area contributed by atoms with Gasteiger partial charge in [0.2, 0.25) is 15.9 Å². The van der Waals surface area contributed by atoms with E-state index in [4.69, 9.17) is 0 Å². The molecule has 168 valence electrons. The molecule has 1 amide bonds. The third-order valence-electron chi connectivity index (χ3n) is 6.92. The van der Waals surface area contributed by atoms with Crippen LogP contribution >= 0.6 is 0 Å². The van der Waals surface area contributed by atoms with E-state index in [-0.39, 0.29) is 29.5 Å². The first kappa shape index (κ1) is 23.3. The summed E-state index contributed by atoms with van der Waals surface area (Å²) in [6.07, 6.45) is 7.78. The average Bonchev–Trinajstić information content (AvgIpc) is 2.78. The molecule has 1 aromatic rings. The summed E-state index contributed by atoms with van der Waals surface area (Å²) in [6.45, 7) is 6.82. The van der Waals surface area contributed by atoms with Crippen LogP contribution in [-0.4, -0.2) is 37.5 Å². The molecule has 1 saturated heterocycles. The molecule has 3 rings (SSSR count). The van der Waals surface area contributed by atoms with Gasteiger partial charge in [-0.05, 0) is 55.6 Å². The number of sulfonamides is 1. The van der Waals surface area contributed by atoms with Crippen molar-refractivity contribution in [3.8, 4) is 0 Å². The lowest BCUT2D eigenvalue weighted by Crippen LogP contribution is -2.44. The van der Waals surface area contributed by atoms with Gasteiger partial charge in [0.05, 0.1) is 11.8 Å². The van der Waals surface area contributed by atoms with Crippen molar-refractivity contribution >= 4 is 15.9 Å². The van der Waals surface area contributed by atoms with Gasteiger partial charge in [0.1, 0.15) is 0 Å². The molecular weight excluding hydrogens is 396 g/mol. The maximum absolute atomic E-state index is 12.9. The Kier molecular flexibility index (Phi) is 7.97. The van der Waals surface area contributed by atoms with E-state index >= 15 is 0 Å². The highest BCUT2D eigenvalue weighted by Crippen LogP contribution is 2.33. The zero-order valence-electron chi connectivity index (χ0n) is 18.8. The Balaban J connectivity index is 1.61. The molecule has 0 bridgehead atoms. The smallest absolute Gasteiger partial charge is 0.223 e. The number of rotatable bonds is 7. The van der Waals surface area contributed by atoms with E-state index in [1.165, 1.54) is 42.0 Å². The van der Waals surface area contributed by atoms with Crippen LogP contribution in [0.3, 0.4) is 0 Å². The Labute approximate surface area is 182 Å². The first-order valence-corrected chi connectivity index (χ1v) is 13.3. The number of nitrogens with one attached hydrogen (secondary N) is 1. The van der Waals surface area contributed by atoms with Crippen LogP contribution in [0.2, 0.25) is 0 Å². The molecule has 0 aromatic heterocycles. The lowest BCUT2D eigenvalue weighted by atomic mass is 9.83. The Morgan fingerprint density at radius 3 is 2.17 bits per heavy atom. The van der Waals surface area contributed by atoms with Crippen LogP contribution in [0.1, 0.15) is 88.8 Å². The molecule has 5 nitrogen and oxygen atoms in total. The SMILES string of the molecule is CCS(=O)(=O)N1CCC(C(=O)N[C@@H](c2ccc(C3CCCCC3)cc2)C(C)C)CC1. The maximum Gasteiger partial charge on any atom is 0.223 e. The molecule has 2 fully saturated rings. The lowest BCUT2D eigenvalue weighted by Gasteiger charge is -2.32. The Morgan fingerprint density at radius 1 is 1.03 bits per heavy atom. The van der Waals surface area contributed by atoms with E-state index in [0.717, 1.165) is 5.56 Å². The summed E-state index contributed by atoms with van der Waals surface area (Å²) in [5, 5.41) is 3.26. The molecular formula is C24H38N2O3S. The highest BCUT2D eigenvalue weighted by molar-refractivity contribution is 7.89. The molecule has 2 aliphatic rings. The number of hydrogen-bond donors (Lipinski definition) is 1. The van der Waals surface area contributed by atoms with E-state index in [2.05, 4.69) is 43.4 Å². The average molecular weight is 435 g/mol. The molecule has 0 spiro atoms. The zero-order valence-corrected chi connectivity index (χ0v) is 19.6. The Bertz CT molecular complexity index is 790. The fourth-order valence-electron chi connectivity index (χ4n) is 4.90. The Hall–Kier alpha value is -1.40. The van der Waals surface area contributed by atoms with E-state index in [9.17, 15) is 13.2 Å². The van der Waals surface area contributed by atoms with Crippen molar-refractivity contribution in [2.24, 2.45) is 11.8 Å². The van der Waals surface area contributed by atoms with Crippen LogP contribution in [0, 0.1) is 11.8 Å². The quantitative estimate of drug-likeness (QED) is 0.681. The number of carbonyl (C=O) groups is 1. The molecule has 0 radical (unpaired) electrons. The van der Waals surface area contributed by atoms with Crippen LogP contribution in [0.5, 0.6) is 0 Å². The summed E-state index contributed by atoms with van der Waals surface area (Å²) in [6, 6.07) is 8.86. The molecule has 1 aliphatic heterocycles. The number of amides is 1. The second-order valence-electron chi connectivity index (χ2n) is 9.31. The normalized spacial score (nSPS) is 20.9. The first-order chi connectivity index (χ1) is 14.3. The van der Waals surface area contributed by atoms with E-state index in [0.29, 0.717) is 31.8 Å². The maximum atomic E-state index is 12.9. The van der Waals surface area contributed by atoms with E-state index in [1.54, 1.807) is 6.92 Å². The molecule has 0 unspecified atom stereocenters. The highest BCUT2D eigenvalue weighted by Gasteiger charge is 2.31. The van der Waals surface area contributed by atoms with E-state index in [1.807, 2.05) is 0 Å². The van der Waals surface area contributed by atoms with Gasteiger partial charge >= 0.3 is 0 Å². The van der Waals surface area contributed by atoms with Crippen molar-refractivity contribution in [2.75, 3.05) is 18.8 Å². The van der Waals surface area contributed by atoms with Crippen molar-refractivity contribution in [3.05, 3.63) is 35.4 Å². The molecule has 1 N–H and O–H groups in total. The van der Waals surface area contributed by atoms with Crippen LogP contribution in [0.25, 0.3) is 0 Å². The first-order valence-electron chi connectivity index (χ1n) is 11.7. The minimum absolute atomic E-state index is 0.0182. The number of nitrogens with zero attached hydrogens (tertiary/aromatic N) is 1. The van der Waals surface area contributed by atoms with Gasteiger partial charge in [-0.3, -0.25) is 4.79 Å². The standard InChI is InChI=1S/C24H38N2O3S/c1-4-30(28,29)26-16-14-22(15-17-26)24(27)25-23(18(2)3)21-12-10-20(11-13-21)19-8-6-5-7-9-19/h10-13,18-19,22-23H,4-9,14-17H2,1-3H3,(H,25,27)/t23-/m1/s1. The van der Waals surface area contributed by atoms with Gasteiger partial charge in [-0.15, -0.1) is 0 Å². The minimum Gasteiger partial charge on any atom is -0.349 e. The molecule has 30 heavy (non-hydrogen) atoms. The predicted molar refractivity (Wildman–Crippen MR) is 122 cm³/mol. The third-order valence-corrected chi connectivity index (χ3v) is 8.80. The number of piperidine rings is 1. The van der Waals surface area contributed by atoms with Gasteiger partial charge in [-0.25, -0.2) is 12.7 Å². The van der Waals surface area contributed by atoms with Gasteiger partial charge < -0.3 is 5.32 Å². The fourth-order valence-corrected chi connectivity index (χ4v) is 6.03. The fraction of sp³-hybridized carbons (Fsp3) is 0.708. The van der Waals surface area contributed by atoms with Gasteiger partial charge in [0.15, 0.2) is 0 Å². The summed E-state index contributed by atoms with van der Waals surface area (Å²) in [7, 11) is -3.16. The van der Waals surface area contributed by atoms with Crippen molar-refractivity contribution < 1.29 is 13.2 Å². The van der Waals surface area contributed by atoms with Crippen LogP contribution in [0.4, 0.5) is 0 Å². The lowest BCUT2D eigenvalue weighted by molar-refractivity contribution is -0.127. The summed E-state index contributed by atoms with van der Waals surface area (Å²) < 4.78 is 25.6. The second kappa shape index (κ2) is 10.3. The van der Waals surface area contributed by atoms with E-state index < -0.39 is 10.0 Å². The van der Waals surface area contributed by atoms with Crippen LogP contribution in [0.15, 0.2) is 24.3 Å². The van der Waals surface area contributed by atoms with Gasteiger partial charge in [-0.1, -0.05) is 57.4 Å². The minimum atomic E-state index is -3.16. The largest absolute Gasteiger partial charge is 0.349 e. The number of carbonyl (C=O) groups excluding carboxylic acids is 1. The van der Waals surface area contributed by atoms with Gasteiger partial charge in [0.25, 0.3) is 0 Å². The highest BCUT2D eigenvalue weighted by atomic mass is 32.2. The molecule has 1 aliphatic carbocycles.